The van der Waals surface area contributed by atoms with Gasteiger partial charge in [0.05, 0.1) is 14.2 Å². The first-order valence-electron chi connectivity index (χ1n) is 7.97. The second-order valence-corrected chi connectivity index (χ2v) is 6.28. The van der Waals surface area contributed by atoms with Crippen molar-refractivity contribution >= 4 is 27.5 Å². The smallest absolute Gasteiger partial charge is 0.317 e. The first kappa shape index (κ1) is 17.3. The molecule has 0 saturated carbocycles. The molecule has 0 fully saturated rings. The van der Waals surface area contributed by atoms with Crippen LogP contribution in [0.2, 0.25) is 0 Å². The zero-order valence-electron chi connectivity index (χ0n) is 14.4. The molecule has 1 aliphatic rings. The van der Waals surface area contributed by atoms with Gasteiger partial charge in [0.25, 0.3) is 0 Å². The topological polar surface area (TPSA) is 71.3 Å². The summed E-state index contributed by atoms with van der Waals surface area (Å²) in [6.07, 6.45) is 2.20. The number of rotatable bonds is 5. The predicted octanol–water partition coefficient (Wildman–Crippen LogP) is 2.45. The number of aromatic nitrogens is 1. The van der Waals surface area contributed by atoms with Crippen molar-refractivity contribution in [3.05, 3.63) is 29.0 Å². The summed E-state index contributed by atoms with van der Waals surface area (Å²) < 4.78 is 24.3. The molecule has 1 aliphatic heterocycles. The highest BCUT2D eigenvalue weighted by atomic mass is 32.1. The molecule has 1 aromatic carbocycles. The monoisotopic (exact) mass is 364 g/mol. The number of hydrogen-bond donors (Lipinski definition) is 0. The lowest BCUT2D eigenvalue weighted by Gasteiger charge is -2.12. The fraction of sp³-hybridized carbons (Fsp3) is 0.412. The van der Waals surface area contributed by atoms with Crippen LogP contribution < -0.4 is 14.3 Å². The Balaban J connectivity index is 2.20. The Morgan fingerprint density at radius 2 is 2.04 bits per heavy atom. The second kappa shape index (κ2) is 7.60. The number of fused-ring (bicyclic) bond motifs is 1. The fourth-order valence-electron chi connectivity index (χ4n) is 2.59. The predicted molar refractivity (Wildman–Crippen MR) is 93.8 cm³/mol. The quantitative estimate of drug-likeness (QED) is 0.815. The summed E-state index contributed by atoms with van der Waals surface area (Å²) in [6, 6.07) is 3.70. The molecule has 0 bridgehead atoms. The van der Waals surface area contributed by atoms with E-state index in [2.05, 4.69) is 11.9 Å². The van der Waals surface area contributed by atoms with Crippen LogP contribution in [0.5, 0.6) is 11.5 Å². The van der Waals surface area contributed by atoms with Gasteiger partial charge in [0.15, 0.2) is 4.80 Å². The standard InChI is InChI=1S/C17H20N2O5S/c1-4-7-19-14-11(21-2)5-6-12(22-3)15(14)25-17(19)18-16(20)13-10-23-8-9-24-13/h5-6,10H,4,7-9H2,1-3H3. The molecule has 0 saturated heterocycles. The summed E-state index contributed by atoms with van der Waals surface area (Å²) in [4.78, 5) is 17.2. The number of hydrogen-bond acceptors (Lipinski definition) is 6. The van der Waals surface area contributed by atoms with Gasteiger partial charge >= 0.3 is 5.91 Å². The minimum absolute atomic E-state index is 0.116. The lowest BCUT2D eigenvalue weighted by atomic mass is 10.3. The number of benzene rings is 1. The van der Waals surface area contributed by atoms with Crippen LogP contribution in [0.25, 0.3) is 10.2 Å². The average molecular weight is 364 g/mol. The lowest BCUT2D eigenvalue weighted by Crippen LogP contribution is -2.20. The Kier molecular flexibility index (Phi) is 5.28. The van der Waals surface area contributed by atoms with Crippen molar-refractivity contribution in [3.8, 4) is 11.5 Å². The molecule has 8 heteroatoms. The van der Waals surface area contributed by atoms with Crippen molar-refractivity contribution in [2.24, 2.45) is 4.99 Å². The number of amides is 1. The molecule has 0 radical (unpaired) electrons. The fourth-order valence-corrected chi connectivity index (χ4v) is 3.76. The number of aryl methyl sites for hydroxylation is 1. The van der Waals surface area contributed by atoms with Gasteiger partial charge in [-0.3, -0.25) is 4.79 Å². The van der Waals surface area contributed by atoms with Crippen LogP contribution in [-0.4, -0.2) is 37.9 Å². The van der Waals surface area contributed by atoms with Crippen LogP contribution in [0.15, 0.2) is 29.1 Å². The van der Waals surface area contributed by atoms with Crippen LogP contribution >= 0.6 is 11.3 Å². The Labute approximate surface area is 149 Å². The van der Waals surface area contributed by atoms with Crippen LogP contribution in [0.1, 0.15) is 13.3 Å². The summed E-state index contributed by atoms with van der Waals surface area (Å²) in [5.74, 6) is 1.08. The van der Waals surface area contributed by atoms with E-state index < -0.39 is 5.91 Å². The molecular formula is C17H20N2O5S. The van der Waals surface area contributed by atoms with Gasteiger partial charge in [-0.2, -0.15) is 4.99 Å². The number of carbonyl (C=O) groups excluding carboxylic acids is 1. The Hall–Kier alpha value is -2.48. The second-order valence-electron chi connectivity index (χ2n) is 5.30. The number of nitrogens with zero attached hydrogens (tertiary/aromatic N) is 2. The van der Waals surface area contributed by atoms with Gasteiger partial charge < -0.3 is 23.5 Å². The lowest BCUT2D eigenvalue weighted by molar-refractivity contribution is -0.119. The van der Waals surface area contributed by atoms with Crippen molar-refractivity contribution in [1.82, 2.24) is 4.57 Å². The maximum Gasteiger partial charge on any atom is 0.317 e. The summed E-state index contributed by atoms with van der Waals surface area (Å²) in [5, 5.41) is 0. The van der Waals surface area contributed by atoms with Gasteiger partial charge in [-0.15, -0.1) is 0 Å². The van der Waals surface area contributed by atoms with Gasteiger partial charge in [-0.25, -0.2) is 0 Å². The molecule has 25 heavy (non-hydrogen) atoms. The summed E-state index contributed by atoms with van der Waals surface area (Å²) >= 11 is 1.38. The molecule has 2 heterocycles. The molecule has 0 N–H and O–H groups in total. The van der Waals surface area contributed by atoms with Gasteiger partial charge in [0.1, 0.15) is 41.2 Å². The number of carbonyl (C=O) groups is 1. The first-order chi connectivity index (χ1) is 12.2. The highest BCUT2D eigenvalue weighted by Gasteiger charge is 2.18. The summed E-state index contributed by atoms with van der Waals surface area (Å²) in [6.45, 7) is 3.54. The SMILES string of the molecule is CCCn1c(=NC(=O)C2=COCCO2)sc2c(OC)ccc(OC)c21. The molecule has 7 nitrogen and oxygen atoms in total. The van der Waals surface area contributed by atoms with E-state index in [9.17, 15) is 4.79 Å². The third kappa shape index (κ3) is 3.34. The zero-order chi connectivity index (χ0) is 17.8. The average Bonchev–Trinajstić information content (AvgIpc) is 3.00. The molecule has 1 amide bonds. The highest BCUT2D eigenvalue weighted by molar-refractivity contribution is 7.16. The summed E-state index contributed by atoms with van der Waals surface area (Å²) in [5.41, 5.74) is 0.870. The normalized spacial score (nSPS) is 14.7. The summed E-state index contributed by atoms with van der Waals surface area (Å²) in [7, 11) is 3.24. The van der Waals surface area contributed by atoms with E-state index in [1.807, 2.05) is 16.7 Å². The van der Waals surface area contributed by atoms with E-state index in [0.717, 1.165) is 22.4 Å². The van der Waals surface area contributed by atoms with Gasteiger partial charge in [0, 0.05) is 6.54 Å². The Morgan fingerprint density at radius 3 is 2.68 bits per heavy atom. The number of methoxy groups -OCH3 is 2. The molecule has 2 aromatic rings. The van der Waals surface area contributed by atoms with Gasteiger partial charge in [-0.05, 0) is 18.6 Å². The zero-order valence-corrected chi connectivity index (χ0v) is 15.2. The Morgan fingerprint density at radius 1 is 1.28 bits per heavy atom. The van der Waals surface area contributed by atoms with Crippen molar-refractivity contribution in [1.29, 1.82) is 0 Å². The van der Waals surface area contributed by atoms with E-state index in [0.29, 0.717) is 30.3 Å². The Bertz CT molecular complexity index is 881. The number of thiazole rings is 1. The molecule has 1 aromatic heterocycles. The van der Waals surface area contributed by atoms with E-state index in [1.165, 1.54) is 17.6 Å². The van der Waals surface area contributed by atoms with Crippen LogP contribution in [0, 0.1) is 0 Å². The van der Waals surface area contributed by atoms with Crippen LogP contribution in [0.4, 0.5) is 0 Å². The van der Waals surface area contributed by atoms with Crippen molar-refractivity contribution in [2.75, 3.05) is 27.4 Å². The van der Waals surface area contributed by atoms with E-state index in [-0.39, 0.29) is 5.76 Å². The third-order valence-electron chi connectivity index (χ3n) is 3.70. The van der Waals surface area contributed by atoms with Crippen molar-refractivity contribution in [3.63, 3.8) is 0 Å². The highest BCUT2D eigenvalue weighted by Crippen LogP contribution is 2.35. The molecule has 0 unspecified atom stereocenters. The van der Waals surface area contributed by atoms with Crippen molar-refractivity contribution in [2.45, 2.75) is 19.9 Å². The minimum Gasteiger partial charge on any atom is -0.495 e. The van der Waals surface area contributed by atoms with Gasteiger partial charge in [0.2, 0.25) is 5.76 Å². The first-order valence-corrected chi connectivity index (χ1v) is 8.79. The molecule has 0 aliphatic carbocycles. The van der Waals surface area contributed by atoms with Crippen LogP contribution in [0.3, 0.4) is 0 Å². The molecule has 0 spiro atoms. The molecule has 3 rings (SSSR count). The van der Waals surface area contributed by atoms with E-state index >= 15 is 0 Å². The van der Waals surface area contributed by atoms with Gasteiger partial charge in [-0.1, -0.05) is 18.3 Å². The number of ether oxygens (including phenoxy) is 4. The maximum atomic E-state index is 12.4. The van der Waals surface area contributed by atoms with E-state index in [1.54, 1.807) is 14.2 Å². The van der Waals surface area contributed by atoms with E-state index in [4.69, 9.17) is 18.9 Å². The molecule has 0 atom stereocenters. The van der Waals surface area contributed by atoms with Crippen LogP contribution in [-0.2, 0) is 20.8 Å². The van der Waals surface area contributed by atoms with Crippen molar-refractivity contribution < 1.29 is 23.7 Å². The maximum absolute atomic E-state index is 12.4. The minimum atomic E-state index is -0.464. The molecular weight excluding hydrogens is 344 g/mol. The largest absolute Gasteiger partial charge is 0.495 e. The molecule has 134 valence electrons. The third-order valence-corrected chi connectivity index (χ3v) is 4.79.